The van der Waals surface area contributed by atoms with E-state index in [2.05, 4.69) is 0 Å². The first-order chi connectivity index (χ1) is 4.30. The number of fused-ring (bicyclic) bond motifs is 1. The summed E-state index contributed by atoms with van der Waals surface area (Å²) in [7, 11) is 1.83. The van der Waals surface area contributed by atoms with E-state index in [1.165, 1.54) is 0 Å². The standard InChI is InChI=1S/C6H9NO2/c1-7-5-3-9-2-4(5)6(7)8/h4-5H,2-3H2,1H3. The maximum Gasteiger partial charge on any atom is 0.230 e. The molecule has 2 atom stereocenters. The zero-order chi connectivity index (χ0) is 6.43. The summed E-state index contributed by atoms with van der Waals surface area (Å²) in [6, 6.07) is 0.400. The number of likely N-dealkylation sites (tertiary alicyclic amines) is 1. The van der Waals surface area contributed by atoms with Crippen molar-refractivity contribution in [3.63, 3.8) is 0 Å². The molecular weight excluding hydrogens is 118 g/mol. The molecule has 0 aromatic rings. The molecule has 2 rings (SSSR count). The maximum atomic E-state index is 10.9. The predicted octanol–water partition coefficient (Wildman–Crippen LogP) is -0.527. The largest absolute Gasteiger partial charge is 0.378 e. The van der Waals surface area contributed by atoms with Crippen LogP contribution in [0.15, 0.2) is 0 Å². The minimum Gasteiger partial charge on any atom is -0.378 e. The minimum atomic E-state index is 0.204. The van der Waals surface area contributed by atoms with Gasteiger partial charge in [-0.1, -0.05) is 0 Å². The fourth-order valence-electron chi connectivity index (χ4n) is 1.50. The Labute approximate surface area is 53.6 Å². The molecule has 2 aliphatic rings. The molecular formula is C6H9NO2. The topological polar surface area (TPSA) is 29.5 Å². The van der Waals surface area contributed by atoms with E-state index in [9.17, 15) is 4.79 Å². The van der Waals surface area contributed by atoms with Crippen LogP contribution >= 0.6 is 0 Å². The van der Waals surface area contributed by atoms with Crippen LogP contribution in [0, 0.1) is 5.92 Å². The molecule has 2 saturated heterocycles. The van der Waals surface area contributed by atoms with Gasteiger partial charge >= 0.3 is 0 Å². The number of amides is 1. The quantitative estimate of drug-likeness (QED) is 0.409. The molecule has 0 radical (unpaired) electrons. The van der Waals surface area contributed by atoms with E-state index in [-0.39, 0.29) is 11.8 Å². The highest BCUT2D eigenvalue weighted by atomic mass is 16.5. The molecule has 3 nitrogen and oxygen atoms in total. The van der Waals surface area contributed by atoms with Crippen molar-refractivity contribution >= 4 is 5.91 Å². The van der Waals surface area contributed by atoms with Gasteiger partial charge in [-0.3, -0.25) is 4.79 Å². The number of carbonyl (C=O) groups is 1. The van der Waals surface area contributed by atoms with Crippen LogP contribution in [0.3, 0.4) is 0 Å². The smallest absolute Gasteiger partial charge is 0.230 e. The molecule has 0 N–H and O–H groups in total. The fraction of sp³-hybridized carbons (Fsp3) is 0.833. The summed E-state index contributed by atoms with van der Waals surface area (Å²) in [6.45, 7) is 1.39. The Kier molecular flexibility index (Phi) is 0.858. The van der Waals surface area contributed by atoms with Gasteiger partial charge in [-0.25, -0.2) is 0 Å². The van der Waals surface area contributed by atoms with Crippen LogP contribution in [-0.2, 0) is 9.53 Å². The number of ether oxygens (including phenoxy) is 1. The highest BCUT2D eigenvalue weighted by molar-refractivity contribution is 5.86. The maximum absolute atomic E-state index is 10.9. The summed E-state index contributed by atoms with van der Waals surface area (Å²) in [5.74, 6) is 0.451. The summed E-state index contributed by atoms with van der Waals surface area (Å²) >= 11 is 0. The van der Waals surface area contributed by atoms with E-state index in [1.807, 2.05) is 7.05 Å². The Balaban J connectivity index is 2.14. The lowest BCUT2D eigenvalue weighted by atomic mass is 9.92. The second-order valence-corrected chi connectivity index (χ2v) is 2.66. The van der Waals surface area contributed by atoms with Gasteiger partial charge in [0.25, 0.3) is 0 Å². The van der Waals surface area contributed by atoms with Crippen molar-refractivity contribution in [2.24, 2.45) is 5.92 Å². The van der Waals surface area contributed by atoms with Crippen molar-refractivity contribution in [2.45, 2.75) is 6.04 Å². The Bertz CT molecular complexity index is 157. The van der Waals surface area contributed by atoms with Gasteiger partial charge in [0.05, 0.1) is 25.2 Å². The highest BCUT2D eigenvalue weighted by Gasteiger charge is 2.48. The van der Waals surface area contributed by atoms with Gasteiger partial charge in [0, 0.05) is 7.05 Å². The third-order valence-electron chi connectivity index (χ3n) is 2.21. The Morgan fingerprint density at radius 2 is 2.44 bits per heavy atom. The second-order valence-electron chi connectivity index (χ2n) is 2.66. The molecule has 2 unspecified atom stereocenters. The van der Waals surface area contributed by atoms with E-state index >= 15 is 0 Å². The molecule has 9 heavy (non-hydrogen) atoms. The monoisotopic (exact) mass is 127 g/mol. The van der Waals surface area contributed by atoms with Crippen LogP contribution in [0.5, 0.6) is 0 Å². The molecule has 0 aromatic carbocycles. The highest BCUT2D eigenvalue weighted by Crippen LogP contribution is 2.29. The first-order valence-corrected chi connectivity index (χ1v) is 3.15. The molecule has 0 aromatic heterocycles. The Hall–Kier alpha value is -0.570. The lowest BCUT2D eigenvalue weighted by molar-refractivity contribution is -0.149. The normalized spacial score (nSPS) is 40.6. The number of β-lactam (4-membered cyclic amide) rings is 1. The molecule has 2 heterocycles. The van der Waals surface area contributed by atoms with Crippen LogP contribution < -0.4 is 0 Å². The van der Waals surface area contributed by atoms with Crippen molar-refractivity contribution in [1.82, 2.24) is 4.90 Å². The summed E-state index contributed by atoms with van der Waals surface area (Å²) < 4.78 is 5.11. The zero-order valence-corrected chi connectivity index (χ0v) is 5.33. The molecule has 0 spiro atoms. The van der Waals surface area contributed by atoms with Crippen LogP contribution in [0.1, 0.15) is 0 Å². The van der Waals surface area contributed by atoms with E-state index in [4.69, 9.17) is 4.74 Å². The van der Waals surface area contributed by atoms with Gasteiger partial charge in [0.2, 0.25) is 5.91 Å². The van der Waals surface area contributed by atoms with Crippen molar-refractivity contribution in [2.75, 3.05) is 20.3 Å². The van der Waals surface area contributed by atoms with Gasteiger partial charge < -0.3 is 9.64 Å². The first-order valence-electron chi connectivity index (χ1n) is 3.15. The van der Waals surface area contributed by atoms with Crippen LogP contribution in [-0.4, -0.2) is 37.1 Å². The molecule has 2 aliphatic heterocycles. The van der Waals surface area contributed by atoms with Crippen LogP contribution in [0.25, 0.3) is 0 Å². The fourth-order valence-corrected chi connectivity index (χ4v) is 1.50. The third kappa shape index (κ3) is 0.477. The zero-order valence-electron chi connectivity index (χ0n) is 5.33. The SMILES string of the molecule is CN1C(=O)C2COCC21. The Morgan fingerprint density at radius 1 is 1.67 bits per heavy atom. The predicted molar refractivity (Wildman–Crippen MR) is 30.9 cm³/mol. The van der Waals surface area contributed by atoms with E-state index < -0.39 is 0 Å². The Morgan fingerprint density at radius 3 is 3.11 bits per heavy atom. The number of hydrogen-bond donors (Lipinski definition) is 0. The first kappa shape index (κ1) is 5.23. The molecule has 0 aliphatic carbocycles. The lowest BCUT2D eigenvalue weighted by Gasteiger charge is -2.38. The van der Waals surface area contributed by atoms with Crippen molar-refractivity contribution in [3.8, 4) is 0 Å². The second kappa shape index (κ2) is 1.48. The van der Waals surface area contributed by atoms with Gasteiger partial charge in [-0.2, -0.15) is 0 Å². The molecule has 3 heteroatoms. The van der Waals surface area contributed by atoms with Crippen molar-refractivity contribution < 1.29 is 9.53 Å². The van der Waals surface area contributed by atoms with Gasteiger partial charge in [0.15, 0.2) is 0 Å². The van der Waals surface area contributed by atoms with E-state index in [0.717, 1.165) is 6.61 Å². The number of likely N-dealkylation sites (N-methyl/N-ethyl adjacent to an activating group) is 1. The molecule has 1 amide bonds. The number of nitrogens with zero attached hydrogens (tertiary/aromatic N) is 1. The number of hydrogen-bond acceptors (Lipinski definition) is 2. The van der Waals surface area contributed by atoms with Crippen LogP contribution in [0.2, 0.25) is 0 Å². The summed E-state index contributed by atoms with van der Waals surface area (Å²) in [5.41, 5.74) is 0. The van der Waals surface area contributed by atoms with E-state index in [1.54, 1.807) is 4.90 Å². The summed E-state index contributed by atoms with van der Waals surface area (Å²) in [5, 5.41) is 0. The number of carbonyl (C=O) groups excluding carboxylic acids is 1. The van der Waals surface area contributed by atoms with E-state index in [0.29, 0.717) is 12.6 Å². The average molecular weight is 127 g/mol. The molecule has 50 valence electrons. The average Bonchev–Trinajstić information content (AvgIpc) is 2.30. The summed E-state index contributed by atoms with van der Waals surface area (Å²) in [4.78, 5) is 12.7. The molecule has 2 fully saturated rings. The molecule has 0 bridgehead atoms. The van der Waals surface area contributed by atoms with Gasteiger partial charge in [-0.05, 0) is 0 Å². The summed E-state index contributed by atoms with van der Waals surface area (Å²) in [6.07, 6.45) is 0. The lowest BCUT2D eigenvalue weighted by Crippen LogP contribution is -2.57. The van der Waals surface area contributed by atoms with Crippen molar-refractivity contribution in [1.29, 1.82) is 0 Å². The minimum absolute atomic E-state index is 0.204. The van der Waals surface area contributed by atoms with Crippen LogP contribution in [0.4, 0.5) is 0 Å². The van der Waals surface area contributed by atoms with Crippen molar-refractivity contribution in [3.05, 3.63) is 0 Å². The number of rotatable bonds is 0. The van der Waals surface area contributed by atoms with Gasteiger partial charge in [0.1, 0.15) is 0 Å². The van der Waals surface area contributed by atoms with Gasteiger partial charge in [-0.15, -0.1) is 0 Å². The molecule has 0 saturated carbocycles. The third-order valence-corrected chi connectivity index (χ3v) is 2.21.